The molecular weight excluding hydrogens is 230 g/mol. The Labute approximate surface area is 107 Å². The van der Waals surface area contributed by atoms with Gasteiger partial charge in [-0.1, -0.05) is 25.1 Å². The lowest BCUT2D eigenvalue weighted by Gasteiger charge is -2.16. The van der Waals surface area contributed by atoms with Gasteiger partial charge in [0.15, 0.2) is 0 Å². The topological polar surface area (TPSA) is 46.6 Å². The summed E-state index contributed by atoms with van der Waals surface area (Å²) in [6.07, 6.45) is 0.678. The second-order valence-electron chi connectivity index (χ2n) is 4.53. The fourth-order valence-electron chi connectivity index (χ4n) is 1.94. The molecule has 1 heterocycles. The van der Waals surface area contributed by atoms with Gasteiger partial charge in [-0.25, -0.2) is 0 Å². The zero-order valence-corrected chi connectivity index (χ0v) is 10.7. The maximum absolute atomic E-state index is 12.0. The highest BCUT2D eigenvalue weighted by molar-refractivity contribution is 5.99. The molecule has 0 saturated carbocycles. The Bertz CT molecular complexity index is 470. The van der Waals surface area contributed by atoms with Crippen LogP contribution in [0.2, 0.25) is 0 Å². The SMILES string of the molecule is CCC(C)OC(=O)CN1Cc2ccccc2C1=O. The summed E-state index contributed by atoms with van der Waals surface area (Å²) >= 11 is 0. The molecule has 96 valence electrons. The van der Waals surface area contributed by atoms with E-state index in [-0.39, 0.29) is 24.5 Å². The molecule has 1 aromatic carbocycles. The van der Waals surface area contributed by atoms with Gasteiger partial charge in [-0.05, 0) is 25.0 Å². The minimum absolute atomic E-state index is 0.0256. The van der Waals surface area contributed by atoms with E-state index in [0.717, 1.165) is 12.0 Å². The molecule has 0 aromatic heterocycles. The molecule has 0 radical (unpaired) electrons. The van der Waals surface area contributed by atoms with E-state index in [1.165, 1.54) is 4.90 Å². The van der Waals surface area contributed by atoms with Gasteiger partial charge in [-0.3, -0.25) is 9.59 Å². The average molecular weight is 247 g/mol. The maximum atomic E-state index is 12.0. The molecule has 1 amide bonds. The first-order valence-electron chi connectivity index (χ1n) is 6.18. The van der Waals surface area contributed by atoms with E-state index in [1.807, 2.05) is 32.0 Å². The summed E-state index contributed by atoms with van der Waals surface area (Å²) in [6.45, 7) is 4.32. The predicted octanol–water partition coefficient (Wildman–Crippen LogP) is 1.98. The quantitative estimate of drug-likeness (QED) is 0.764. The summed E-state index contributed by atoms with van der Waals surface area (Å²) in [5.74, 6) is -0.433. The van der Waals surface area contributed by atoms with Gasteiger partial charge in [0.25, 0.3) is 5.91 Å². The zero-order valence-electron chi connectivity index (χ0n) is 10.7. The summed E-state index contributed by atoms with van der Waals surface area (Å²) in [6, 6.07) is 7.43. The Morgan fingerprint density at radius 1 is 1.44 bits per heavy atom. The minimum atomic E-state index is -0.342. The van der Waals surface area contributed by atoms with Crippen LogP contribution in [0.15, 0.2) is 24.3 Å². The molecular formula is C14H17NO3. The first kappa shape index (κ1) is 12.6. The lowest BCUT2D eigenvalue weighted by Crippen LogP contribution is -2.32. The largest absolute Gasteiger partial charge is 0.461 e. The highest BCUT2D eigenvalue weighted by Gasteiger charge is 2.28. The van der Waals surface area contributed by atoms with Crippen molar-refractivity contribution in [3.05, 3.63) is 35.4 Å². The van der Waals surface area contributed by atoms with Crippen molar-refractivity contribution in [2.24, 2.45) is 0 Å². The van der Waals surface area contributed by atoms with Crippen molar-refractivity contribution in [3.63, 3.8) is 0 Å². The summed E-state index contributed by atoms with van der Waals surface area (Å²) in [5.41, 5.74) is 1.66. The van der Waals surface area contributed by atoms with Gasteiger partial charge in [-0.15, -0.1) is 0 Å². The molecule has 1 atom stereocenters. The van der Waals surface area contributed by atoms with Crippen LogP contribution in [0.5, 0.6) is 0 Å². The number of hydrogen-bond acceptors (Lipinski definition) is 3. The number of nitrogens with zero attached hydrogens (tertiary/aromatic N) is 1. The molecule has 0 spiro atoms. The average Bonchev–Trinajstić information content (AvgIpc) is 2.66. The van der Waals surface area contributed by atoms with Gasteiger partial charge >= 0.3 is 5.97 Å². The first-order valence-corrected chi connectivity index (χ1v) is 6.18. The fourth-order valence-corrected chi connectivity index (χ4v) is 1.94. The molecule has 0 aliphatic carbocycles. The Kier molecular flexibility index (Phi) is 3.65. The monoisotopic (exact) mass is 247 g/mol. The van der Waals surface area contributed by atoms with Crippen LogP contribution in [0.3, 0.4) is 0 Å². The standard InChI is InChI=1S/C14H17NO3/c1-3-10(2)18-13(16)9-15-8-11-6-4-5-7-12(11)14(15)17/h4-7,10H,3,8-9H2,1-2H3. The Morgan fingerprint density at radius 3 is 2.83 bits per heavy atom. The Morgan fingerprint density at radius 2 is 2.17 bits per heavy atom. The number of benzene rings is 1. The Hall–Kier alpha value is -1.84. The Balaban J connectivity index is 1.98. The molecule has 1 aromatic rings. The summed E-state index contributed by atoms with van der Waals surface area (Å²) in [4.78, 5) is 25.2. The van der Waals surface area contributed by atoms with Crippen LogP contribution in [0.4, 0.5) is 0 Å². The molecule has 0 saturated heterocycles. The molecule has 0 fully saturated rings. The van der Waals surface area contributed by atoms with E-state index in [0.29, 0.717) is 12.1 Å². The number of esters is 1. The number of rotatable bonds is 4. The van der Waals surface area contributed by atoms with Crippen molar-refractivity contribution in [1.29, 1.82) is 0 Å². The van der Waals surface area contributed by atoms with Crippen LogP contribution in [-0.2, 0) is 16.1 Å². The van der Waals surface area contributed by atoms with Crippen molar-refractivity contribution in [3.8, 4) is 0 Å². The van der Waals surface area contributed by atoms with Crippen molar-refractivity contribution in [2.75, 3.05) is 6.54 Å². The number of carbonyl (C=O) groups excluding carboxylic acids is 2. The van der Waals surface area contributed by atoms with Gasteiger partial charge < -0.3 is 9.64 Å². The van der Waals surface area contributed by atoms with Crippen molar-refractivity contribution in [1.82, 2.24) is 4.90 Å². The predicted molar refractivity (Wildman–Crippen MR) is 67.0 cm³/mol. The summed E-state index contributed by atoms with van der Waals surface area (Å²) in [5, 5.41) is 0. The van der Waals surface area contributed by atoms with E-state index in [2.05, 4.69) is 0 Å². The van der Waals surface area contributed by atoms with Crippen LogP contribution in [0.1, 0.15) is 36.2 Å². The number of amides is 1. The molecule has 4 nitrogen and oxygen atoms in total. The van der Waals surface area contributed by atoms with Gasteiger partial charge in [-0.2, -0.15) is 0 Å². The van der Waals surface area contributed by atoms with E-state index >= 15 is 0 Å². The number of ether oxygens (including phenoxy) is 1. The maximum Gasteiger partial charge on any atom is 0.325 e. The number of fused-ring (bicyclic) bond motifs is 1. The van der Waals surface area contributed by atoms with E-state index < -0.39 is 0 Å². The molecule has 1 unspecified atom stereocenters. The van der Waals surface area contributed by atoms with E-state index in [1.54, 1.807) is 6.07 Å². The molecule has 0 bridgehead atoms. The highest BCUT2D eigenvalue weighted by atomic mass is 16.5. The lowest BCUT2D eigenvalue weighted by atomic mass is 10.1. The first-order chi connectivity index (χ1) is 8.61. The second kappa shape index (κ2) is 5.21. The third-order valence-corrected chi connectivity index (χ3v) is 3.12. The molecule has 18 heavy (non-hydrogen) atoms. The smallest absolute Gasteiger partial charge is 0.325 e. The fraction of sp³-hybridized carbons (Fsp3) is 0.429. The lowest BCUT2D eigenvalue weighted by molar-refractivity contribution is -0.149. The van der Waals surface area contributed by atoms with E-state index in [9.17, 15) is 9.59 Å². The van der Waals surface area contributed by atoms with Crippen molar-refractivity contribution >= 4 is 11.9 Å². The van der Waals surface area contributed by atoms with Crippen LogP contribution < -0.4 is 0 Å². The summed E-state index contributed by atoms with van der Waals surface area (Å²) < 4.78 is 5.18. The van der Waals surface area contributed by atoms with Gasteiger partial charge in [0, 0.05) is 12.1 Å². The molecule has 0 N–H and O–H groups in total. The van der Waals surface area contributed by atoms with Crippen LogP contribution >= 0.6 is 0 Å². The van der Waals surface area contributed by atoms with E-state index in [4.69, 9.17) is 4.74 Å². The molecule has 1 aliphatic rings. The molecule has 1 aliphatic heterocycles. The third kappa shape index (κ3) is 2.53. The minimum Gasteiger partial charge on any atom is -0.461 e. The van der Waals surface area contributed by atoms with Crippen molar-refractivity contribution in [2.45, 2.75) is 32.9 Å². The third-order valence-electron chi connectivity index (χ3n) is 3.12. The van der Waals surface area contributed by atoms with Crippen LogP contribution in [0, 0.1) is 0 Å². The number of hydrogen-bond donors (Lipinski definition) is 0. The normalized spacial score (nSPS) is 15.4. The van der Waals surface area contributed by atoms with Crippen LogP contribution in [0.25, 0.3) is 0 Å². The molecule has 2 rings (SSSR count). The zero-order chi connectivity index (χ0) is 13.1. The number of carbonyl (C=O) groups is 2. The summed E-state index contributed by atoms with van der Waals surface area (Å²) in [7, 11) is 0. The van der Waals surface area contributed by atoms with Gasteiger partial charge in [0.05, 0.1) is 6.10 Å². The van der Waals surface area contributed by atoms with Gasteiger partial charge in [0.2, 0.25) is 0 Å². The van der Waals surface area contributed by atoms with Crippen molar-refractivity contribution < 1.29 is 14.3 Å². The second-order valence-corrected chi connectivity index (χ2v) is 4.53. The molecule has 4 heteroatoms. The van der Waals surface area contributed by atoms with Gasteiger partial charge in [0.1, 0.15) is 6.54 Å². The van der Waals surface area contributed by atoms with Crippen LogP contribution in [-0.4, -0.2) is 29.4 Å². The highest BCUT2D eigenvalue weighted by Crippen LogP contribution is 2.21.